The normalized spacial score (nSPS) is 27.7. The first-order valence-electron chi connectivity index (χ1n) is 6.83. The smallest absolute Gasteiger partial charge is 0.0898 e. The average Bonchev–Trinajstić information content (AvgIpc) is 2.62. The summed E-state index contributed by atoms with van der Waals surface area (Å²) in [5.74, 6) is 0.915. The zero-order valence-electron chi connectivity index (χ0n) is 11.2. The molecule has 17 heavy (non-hydrogen) atoms. The molecule has 3 atom stereocenters. The van der Waals surface area contributed by atoms with Crippen molar-refractivity contribution in [3.05, 3.63) is 16.1 Å². The van der Waals surface area contributed by atoms with Gasteiger partial charge in [-0.2, -0.15) is 0 Å². The minimum atomic E-state index is 0.401. The summed E-state index contributed by atoms with van der Waals surface area (Å²) in [4.78, 5) is 4.57. The summed E-state index contributed by atoms with van der Waals surface area (Å²) in [5, 5.41) is 7.11. The van der Waals surface area contributed by atoms with Crippen molar-refractivity contribution in [2.45, 2.75) is 65.0 Å². The van der Waals surface area contributed by atoms with Gasteiger partial charge in [0, 0.05) is 17.5 Å². The predicted octanol–water partition coefficient (Wildman–Crippen LogP) is 4.07. The summed E-state index contributed by atoms with van der Waals surface area (Å²) < 4.78 is 0. The molecule has 1 aromatic heterocycles. The Kier molecular flexibility index (Phi) is 4.57. The van der Waals surface area contributed by atoms with Crippen LogP contribution in [0.15, 0.2) is 5.38 Å². The van der Waals surface area contributed by atoms with E-state index in [1.165, 1.54) is 42.8 Å². The summed E-state index contributed by atoms with van der Waals surface area (Å²) in [5.41, 5.74) is 1.21. The van der Waals surface area contributed by atoms with Gasteiger partial charge in [-0.15, -0.1) is 11.3 Å². The molecule has 1 N–H and O–H groups in total. The van der Waals surface area contributed by atoms with Crippen LogP contribution in [0.2, 0.25) is 0 Å². The van der Waals surface area contributed by atoms with Crippen LogP contribution < -0.4 is 5.32 Å². The van der Waals surface area contributed by atoms with Crippen molar-refractivity contribution in [3.63, 3.8) is 0 Å². The molecule has 0 aliphatic heterocycles. The lowest BCUT2D eigenvalue weighted by Gasteiger charge is -2.21. The summed E-state index contributed by atoms with van der Waals surface area (Å²) in [6, 6.07) is 1.09. The van der Waals surface area contributed by atoms with Crippen LogP contribution in [0, 0.1) is 12.8 Å². The molecule has 3 unspecified atom stereocenters. The molecule has 0 saturated heterocycles. The fraction of sp³-hybridized carbons (Fsp3) is 0.786. The molecule has 1 aliphatic rings. The fourth-order valence-corrected chi connectivity index (χ4v) is 3.38. The third-order valence-corrected chi connectivity index (χ3v) is 4.62. The average molecular weight is 252 g/mol. The van der Waals surface area contributed by atoms with Crippen molar-refractivity contribution in [2.24, 2.45) is 5.92 Å². The molecular weight excluding hydrogens is 228 g/mol. The molecule has 0 spiro atoms. The highest BCUT2D eigenvalue weighted by Gasteiger charge is 2.19. The molecule has 1 aliphatic carbocycles. The molecule has 0 aromatic carbocycles. The summed E-state index contributed by atoms with van der Waals surface area (Å²) >= 11 is 1.75. The molecule has 1 heterocycles. The number of thiazole rings is 1. The molecule has 96 valence electrons. The number of nitrogens with one attached hydrogen (secondary N) is 1. The second-order valence-corrected chi connectivity index (χ2v) is 6.55. The number of aryl methyl sites for hydroxylation is 1. The number of aromatic nitrogens is 1. The Balaban J connectivity index is 1.87. The maximum Gasteiger partial charge on any atom is 0.0898 e. The predicted molar refractivity (Wildman–Crippen MR) is 74.4 cm³/mol. The van der Waals surface area contributed by atoms with Crippen LogP contribution in [0.3, 0.4) is 0 Å². The quantitative estimate of drug-likeness (QED) is 0.820. The van der Waals surface area contributed by atoms with Gasteiger partial charge in [0.25, 0.3) is 0 Å². The van der Waals surface area contributed by atoms with E-state index in [-0.39, 0.29) is 0 Å². The third-order valence-electron chi connectivity index (χ3n) is 3.82. The van der Waals surface area contributed by atoms with E-state index in [2.05, 4.69) is 36.5 Å². The van der Waals surface area contributed by atoms with E-state index in [1.807, 2.05) is 0 Å². The van der Waals surface area contributed by atoms with Gasteiger partial charge in [0.1, 0.15) is 0 Å². The van der Waals surface area contributed by atoms with Gasteiger partial charge in [0.05, 0.1) is 10.7 Å². The second kappa shape index (κ2) is 5.96. The van der Waals surface area contributed by atoms with Gasteiger partial charge in [0.2, 0.25) is 0 Å². The summed E-state index contributed by atoms with van der Waals surface area (Å²) in [6.07, 6.45) is 6.82. The van der Waals surface area contributed by atoms with Crippen LogP contribution in [0.25, 0.3) is 0 Å². The standard InChI is InChI=1S/C14H24N2S/c1-10-5-4-6-13(8-7-10)15-11(2)14-9-17-12(3)16-14/h9-11,13,15H,4-8H2,1-3H3. The van der Waals surface area contributed by atoms with E-state index in [9.17, 15) is 0 Å². The lowest BCUT2D eigenvalue weighted by atomic mass is 10.0. The first-order valence-corrected chi connectivity index (χ1v) is 7.71. The van der Waals surface area contributed by atoms with Crippen molar-refractivity contribution in [3.8, 4) is 0 Å². The van der Waals surface area contributed by atoms with Gasteiger partial charge < -0.3 is 5.32 Å². The van der Waals surface area contributed by atoms with Gasteiger partial charge in [0.15, 0.2) is 0 Å². The number of rotatable bonds is 3. The topological polar surface area (TPSA) is 24.9 Å². The first-order chi connectivity index (χ1) is 8.15. The second-order valence-electron chi connectivity index (χ2n) is 5.49. The number of hydrogen-bond acceptors (Lipinski definition) is 3. The Hall–Kier alpha value is -0.410. The maximum absolute atomic E-state index is 4.57. The molecule has 0 bridgehead atoms. The Morgan fingerprint density at radius 3 is 2.88 bits per heavy atom. The van der Waals surface area contributed by atoms with E-state index >= 15 is 0 Å². The molecule has 1 fully saturated rings. The van der Waals surface area contributed by atoms with Gasteiger partial charge in [-0.05, 0) is 39.0 Å². The maximum atomic E-state index is 4.57. The number of hydrogen-bond donors (Lipinski definition) is 1. The summed E-state index contributed by atoms with van der Waals surface area (Å²) in [7, 11) is 0. The van der Waals surface area contributed by atoms with E-state index in [0.29, 0.717) is 12.1 Å². The zero-order valence-corrected chi connectivity index (χ0v) is 12.0. The van der Waals surface area contributed by atoms with E-state index in [4.69, 9.17) is 0 Å². The molecule has 1 aromatic rings. The fourth-order valence-electron chi connectivity index (χ4n) is 2.67. The minimum Gasteiger partial charge on any atom is -0.306 e. The molecule has 2 rings (SSSR count). The lowest BCUT2D eigenvalue weighted by molar-refractivity contribution is 0.404. The van der Waals surface area contributed by atoms with Crippen molar-refractivity contribution >= 4 is 11.3 Å². The Bertz CT molecular complexity index is 348. The Morgan fingerprint density at radius 2 is 2.18 bits per heavy atom. The van der Waals surface area contributed by atoms with E-state index in [1.54, 1.807) is 11.3 Å². The van der Waals surface area contributed by atoms with Crippen LogP contribution in [-0.2, 0) is 0 Å². The largest absolute Gasteiger partial charge is 0.306 e. The van der Waals surface area contributed by atoms with Crippen molar-refractivity contribution < 1.29 is 0 Å². The lowest BCUT2D eigenvalue weighted by Crippen LogP contribution is -2.31. The third kappa shape index (κ3) is 3.78. The summed E-state index contributed by atoms with van der Waals surface area (Å²) in [6.45, 7) is 6.70. The molecule has 0 radical (unpaired) electrons. The zero-order chi connectivity index (χ0) is 12.3. The molecular formula is C14H24N2S. The SMILES string of the molecule is Cc1nc(C(C)NC2CCCC(C)CC2)cs1. The van der Waals surface area contributed by atoms with E-state index in [0.717, 1.165) is 5.92 Å². The van der Waals surface area contributed by atoms with Gasteiger partial charge in [-0.3, -0.25) is 0 Å². The van der Waals surface area contributed by atoms with Crippen molar-refractivity contribution in [1.82, 2.24) is 10.3 Å². The van der Waals surface area contributed by atoms with Crippen molar-refractivity contribution in [2.75, 3.05) is 0 Å². The Labute approximate surface area is 109 Å². The molecule has 1 saturated carbocycles. The van der Waals surface area contributed by atoms with Crippen LogP contribution >= 0.6 is 11.3 Å². The van der Waals surface area contributed by atoms with Gasteiger partial charge in [-0.1, -0.05) is 19.8 Å². The molecule has 0 amide bonds. The molecule has 2 nitrogen and oxygen atoms in total. The molecule has 3 heteroatoms. The van der Waals surface area contributed by atoms with Crippen molar-refractivity contribution in [1.29, 1.82) is 0 Å². The monoisotopic (exact) mass is 252 g/mol. The van der Waals surface area contributed by atoms with Crippen LogP contribution in [0.4, 0.5) is 0 Å². The van der Waals surface area contributed by atoms with E-state index < -0.39 is 0 Å². The van der Waals surface area contributed by atoms with Gasteiger partial charge >= 0.3 is 0 Å². The van der Waals surface area contributed by atoms with Crippen LogP contribution in [0.5, 0.6) is 0 Å². The first kappa shape index (κ1) is 13.0. The highest BCUT2D eigenvalue weighted by molar-refractivity contribution is 7.09. The van der Waals surface area contributed by atoms with Gasteiger partial charge in [-0.25, -0.2) is 4.98 Å². The highest BCUT2D eigenvalue weighted by Crippen LogP contribution is 2.25. The number of nitrogens with zero attached hydrogens (tertiary/aromatic N) is 1. The van der Waals surface area contributed by atoms with Crippen LogP contribution in [0.1, 0.15) is 62.7 Å². The highest BCUT2D eigenvalue weighted by atomic mass is 32.1. The van der Waals surface area contributed by atoms with Crippen LogP contribution in [-0.4, -0.2) is 11.0 Å². The Morgan fingerprint density at radius 1 is 1.35 bits per heavy atom. The minimum absolute atomic E-state index is 0.401.